The molecule has 0 amide bonds. The molecule has 1 N–H and O–H groups in total. The predicted octanol–water partition coefficient (Wildman–Crippen LogP) is 3.85. The topological polar surface area (TPSA) is 47.6 Å². The fourth-order valence-electron chi connectivity index (χ4n) is 2.54. The minimum Gasteiger partial charge on any atom is -0.493 e. The predicted molar refractivity (Wildman–Crippen MR) is 101 cm³/mol. The zero-order valence-electron chi connectivity index (χ0n) is 14.1. The van der Waals surface area contributed by atoms with Gasteiger partial charge in [-0.3, -0.25) is 4.79 Å². The van der Waals surface area contributed by atoms with E-state index in [2.05, 4.69) is 16.1 Å². The normalized spacial score (nSPS) is 10.4. The van der Waals surface area contributed by atoms with E-state index in [-0.39, 0.29) is 5.97 Å². The highest BCUT2D eigenvalue weighted by Gasteiger charge is 2.10. The van der Waals surface area contributed by atoms with Gasteiger partial charge in [-0.05, 0) is 37.3 Å². The van der Waals surface area contributed by atoms with Gasteiger partial charge in [-0.2, -0.15) is 0 Å². The summed E-state index contributed by atoms with van der Waals surface area (Å²) >= 11 is 5.54. The number of methoxy groups -OCH3 is 1. The van der Waals surface area contributed by atoms with E-state index in [1.165, 1.54) is 7.11 Å². The van der Waals surface area contributed by atoms with Crippen LogP contribution in [-0.2, 0) is 9.53 Å². The maximum Gasteiger partial charge on any atom is 0.305 e. The van der Waals surface area contributed by atoms with Crippen molar-refractivity contribution in [2.24, 2.45) is 0 Å². The van der Waals surface area contributed by atoms with E-state index in [0.29, 0.717) is 18.0 Å². The summed E-state index contributed by atoms with van der Waals surface area (Å²) in [4.78, 5) is 11.8. The molecule has 0 aliphatic heterocycles. The number of fused-ring (bicyclic) bond motifs is 1. The Morgan fingerprint density at radius 3 is 2.58 bits per heavy atom. The number of hydrogen-bond acceptors (Lipinski definition) is 4. The molecule has 0 saturated carbocycles. The second kappa shape index (κ2) is 9.23. The summed E-state index contributed by atoms with van der Waals surface area (Å²) in [6.07, 6.45) is 2.09. The first-order valence-electron chi connectivity index (χ1n) is 8.17. The molecule has 0 spiro atoms. The van der Waals surface area contributed by atoms with Gasteiger partial charge in [0.2, 0.25) is 0 Å². The number of hydrogen-bond donors (Lipinski definition) is 1. The number of esters is 1. The van der Waals surface area contributed by atoms with Crippen LogP contribution in [0, 0.1) is 0 Å². The Morgan fingerprint density at radius 2 is 1.88 bits per heavy atom. The van der Waals surface area contributed by atoms with Crippen LogP contribution in [0.2, 0.25) is 0 Å². The largest absolute Gasteiger partial charge is 0.493 e. The molecule has 0 radical (unpaired) electrons. The Morgan fingerprint density at radius 1 is 1.12 bits per heavy atom. The molecule has 0 atom stereocenters. The first kappa shape index (κ1) is 18.2. The minimum absolute atomic E-state index is 0.171. The van der Waals surface area contributed by atoms with Gasteiger partial charge in [0.05, 0.1) is 13.7 Å². The highest BCUT2D eigenvalue weighted by atomic mass is 32.1. The SMILES string of the molecule is CCOc1ccc(C(=S)NCCCCC(=O)OC)c2ccccc12. The molecule has 0 aromatic heterocycles. The van der Waals surface area contributed by atoms with Gasteiger partial charge in [0.1, 0.15) is 10.7 Å². The van der Waals surface area contributed by atoms with Crippen LogP contribution in [0.1, 0.15) is 31.7 Å². The van der Waals surface area contributed by atoms with Crippen molar-refractivity contribution in [1.82, 2.24) is 5.32 Å². The van der Waals surface area contributed by atoms with E-state index < -0.39 is 0 Å². The van der Waals surface area contributed by atoms with Crippen molar-refractivity contribution < 1.29 is 14.3 Å². The maximum atomic E-state index is 11.1. The number of nitrogens with one attached hydrogen (secondary N) is 1. The standard InChI is InChI=1S/C19H23NO3S/c1-3-23-17-12-11-16(14-8-4-5-9-15(14)17)19(24)20-13-7-6-10-18(21)22-2/h4-5,8-9,11-12H,3,6-7,10,13H2,1-2H3,(H,20,24). The molecular formula is C19H23NO3S. The first-order valence-corrected chi connectivity index (χ1v) is 8.57. The van der Waals surface area contributed by atoms with Gasteiger partial charge < -0.3 is 14.8 Å². The lowest BCUT2D eigenvalue weighted by molar-refractivity contribution is -0.140. The molecule has 2 aromatic carbocycles. The number of carbonyl (C=O) groups is 1. The quantitative estimate of drug-likeness (QED) is 0.447. The highest BCUT2D eigenvalue weighted by Crippen LogP contribution is 2.28. The monoisotopic (exact) mass is 345 g/mol. The van der Waals surface area contributed by atoms with Gasteiger partial charge in [0.25, 0.3) is 0 Å². The van der Waals surface area contributed by atoms with Crippen molar-refractivity contribution in [2.45, 2.75) is 26.2 Å². The van der Waals surface area contributed by atoms with Gasteiger partial charge in [0, 0.05) is 23.9 Å². The molecule has 128 valence electrons. The van der Waals surface area contributed by atoms with Crippen LogP contribution in [-0.4, -0.2) is 31.2 Å². The molecule has 0 saturated heterocycles. The van der Waals surface area contributed by atoms with Gasteiger partial charge >= 0.3 is 5.97 Å². The molecule has 0 bridgehead atoms. The lowest BCUT2D eigenvalue weighted by Gasteiger charge is -2.13. The summed E-state index contributed by atoms with van der Waals surface area (Å²) in [7, 11) is 1.41. The highest BCUT2D eigenvalue weighted by molar-refractivity contribution is 7.80. The second-order valence-corrected chi connectivity index (χ2v) is 5.79. The molecule has 2 aromatic rings. The van der Waals surface area contributed by atoms with Crippen molar-refractivity contribution in [3.8, 4) is 5.75 Å². The fraction of sp³-hybridized carbons (Fsp3) is 0.368. The number of unbranched alkanes of at least 4 members (excludes halogenated alkanes) is 1. The Bertz CT molecular complexity index is 715. The summed E-state index contributed by atoms with van der Waals surface area (Å²) in [6.45, 7) is 3.34. The second-order valence-electron chi connectivity index (χ2n) is 5.38. The summed E-state index contributed by atoms with van der Waals surface area (Å²) in [6, 6.07) is 12.1. The number of benzene rings is 2. The first-order chi connectivity index (χ1) is 11.7. The lowest BCUT2D eigenvalue weighted by atomic mass is 10.0. The van der Waals surface area contributed by atoms with Crippen LogP contribution in [0.3, 0.4) is 0 Å². The molecule has 0 aliphatic rings. The number of carbonyl (C=O) groups excluding carboxylic acids is 1. The molecule has 0 unspecified atom stereocenters. The molecular weight excluding hydrogens is 322 g/mol. The summed E-state index contributed by atoms with van der Waals surface area (Å²) in [5.74, 6) is 0.702. The average Bonchev–Trinajstić information content (AvgIpc) is 2.61. The molecule has 0 aliphatic carbocycles. The Balaban J connectivity index is 2.02. The zero-order chi connectivity index (χ0) is 17.4. The molecule has 24 heavy (non-hydrogen) atoms. The van der Waals surface area contributed by atoms with Crippen LogP contribution < -0.4 is 10.1 Å². The van der Waals surface area contributed by atoms with Crippen molar-refractivity contribution in [1.29, 1.82) is 0 Å². The number of rotatable bonds is 8. The van der Waals surface area contributed by atoms with E-state index >= 15 is 0 Å². The van der Waals surface area contributed by atoms with Gasteiger partial charge in [-0.1, -0.05) is 36.5 Å². The molecule has 0 heterocycles. The smallest absolute Gasteiger partial charge is 0.305 e. The van der Waals surface area contributed by atoms with Crippen LogP contribution in [0.4, 0.5) is 0 Å². The summed E-state index contributed by atoms with van der Waals surface area (Å²) in [5.41, 5.74) is 0.997. The summed E-state index contributed by atoms with van der Waals surface area (Å²) < 4.78 is 10.3. The molecule has 2 rings (SSSR count). The third-order valence-corrected chi connectivity index (χ3v) is 4.11. The Kier molecular flexibility index (Phi) is 7.00. The average molecular weight is 345 g/mol. The van der Waals surface area contributed by atoms with E-state index in [1.54, 1.807) is 0 Å². The van der Waals surface area contributed by atoms with Crippen LogP contribution in [0.5, 0.6) is 5.75 Å². The summed E-state index contributed by atoms with van der Waals surface area (Å²) in [5, 5.41) is 5.41. The van der Waals surface area contributed by atoms with E-state index in [9.17, 15) is 4.79 Å². The van der Waals surface area contributed by atoms with Crippen molar-refractivity contribution >= 4 is 33.9 Å². The molecule has 5 heteroatoms. The number of ether oxygens (including phenoxy) is 2. The van der Waals surface area contributed by atoms with E-state index in [4.69, 9.17) is 17.0 Å². The maximum absolute atomic E-state index is 11.1. The van der Waals surface area contributed by atoms with Gasteiger partial charge in [-0.15, -0.1) is 0 Å². The zero-order valence-corrected chi connectivity index (χ0v) is 14.9. The van der Waals surface area contributed by atoms with Crippen molar-refractivity contribution in [3.05, 3.63) is 42.0 Å². The third-order valence-electron chi connectivity index (χ3n) is 3.75. The Labute approximate surface area is 148 Å². The van der Waals surface area contributed by atoms with Crippen molar-refractivity contribution in [2.75, 3.05) is 20.3 Å². The van der Waals surface area contributed by atoms with Crippen LogP contribution >= 0.6 is 12.2 Å². The van der Waals surface area contributed by atoms with Crippen LogP contribution in [0.25, 0.3) is 10.8 Å². The molecule has 0 fully saturated rings. The molecule has 4 nitrogen and oxygen atoms in total. The van der Waals surface area contributed by atoms with Gasteiger partial charge in [0.15, 0.2) is 0 Å². The van der Waals surface area contributed by atoms with Crippen LogP contribution in [0.15, 0.2) is 36.4 Å². The van der Waals surface area contributed by atoms with E-state index in [1.807, 2.05) is 37.3 Å². The van der Waals surface area contributed by atoms with E-state index in [0.717, 1.165) is 41.5 Å². The fourth-order valence-corrected chi connectivity index (χ4v) is 2.82. The third kappa shape index (κ3) is 4.68. The minimum atomic E-state index is -0.171. The lowest BCUT2D eigenvalue weighted by Crippen LogP contribution is -2.23. The number of thiocarbonyl (C=S) groups is 1. The van der Waals surface area contributed by atoms with Crippen molar-refractivity contribution in [3.63, 3.8) is 0 Å². The van der Waals surface area contributed by atoms with Gasteiger partial charge in [-0.25, -0.2) is 0 Å². The Hall–Kier alpha value is -2.14.